The topological polar surface area (TPSA) is 75.6 Å². The van der Waals surface area contributed by atoms with Crippen LogP contribution < -0.4 is 10.1 Å². The highest BCUT2D eigenvalue weighted by atomic mass is 16.5. The monoisotopic (exact) mass is 321 g/mol. The number of carbonyl (C=O) groups excluding carboxylic acids is 1. The Morgan fingerprint density at radius 3 is 2.43 bits per heavy atom. The summed E-state index contributed by atoms with van der Waals surface area (Å²) in [6.07, 6.45) is 0.666. The summed E-state index contributed by atoms with van der Waals surface area (Å²) in [7, 11) is 0. The molecule has 1 amide bonds. The second-order valence-corrected chi connectivity index (χ2v) is 6.63. The predicted octanol–water partition coefficient (Wildman–Crippen LogP) is 3.14. The van der Waals surface area contributed by atoms with Crippen molar-refractivity contribution in [1.29, 1.82) is 0 Å². The van der Waals surface area contributed by atoms with E-state index in [9.17, 15) is 9.59 Å². The highest BCUT2D eigenvalue weighted by Gasteiger charge is 2.21. The molecule has 0 bridgehead atoms. The van der Waals surface area contributed by atoms with E-state index in [0.717, 1.165) is 16.9 Å². The molecular formula is C18H27NO4. The molecule has 5 nitrogen and oxygen atoms in total. The molecule has 1 rings (SSSR count). The molecule has 2 N–H and O–H groups in total. The van der Waals surface area contributed by atoms with Crippen LogP contribution in [0.25, 0.3) is 0 Å². The first kappa shape index (κ1) is 19.0. The van der Waals surface area contributed by atoms with E-state index < -0.39 is 11.5 Å². The van der Waals surface area contributed by atoms with Crippen LogP contribution in [0, 0.1) is 20.8 Å². The van der Waals surface area contributed by atoms with E-state index in [2.05, 4.69) is 11.4 Å². The number of ether oxygens (including phenoxy) is 1. The van der Waals surface area contributed by atoms with E-state index in [1.807, 2.05) is 40.7 Å². The van der Waals surface area contributed by atoms with E-state index in [1.165, 1.54) is 5.56 Å². The van der Waals surface area contributed by atoms with Gasteiger partial charge in [-0.1, -0.05) is 6.07 Å². The number of carbonyl (C=O) groups is 2. The van der Waals surface area contributed by atoms with Crippen LogP contribution in [0.15, 0.2) is 12.1 Å². The molecule has 0 unspecified atom stereocenters. The Bertz CT molecular complexity index is 579. The summed E-state index contributed by atoms with van der Waals surface area (Å²) in [6, 6.07) is 4.07. The maximum atomic E-state index is 12.0. The molecular weight excluding hydrogens is 294 g/mol. The molecule has 23 heavy (non-hydrogen) atoms. The second-order valence-electron chi connectivity index (χ2n) is 6.63. The minimum atomic E-state index is -0.860. The van der Waals surface area contributed by atoms with Gasteiger partial charge in [0.25, 0.3) is 0 Å². The van der Waals surface area contributed by atoms with E-state index in [0.29, 0.717) is 13.0 Å². The Hall–Kier alpha value is -2.04. The van der Waals surface area contributed by atoms with Crippen molar-refractivity contribution in [3.8, 4) is 5.75 Å². The molecule has 0 saturated heterocycles. The molecule has 0 aliphatic heterocycles. The molecule has 0 fully saturated rings. The average Bonchev–Trinajstić information content (AvgIpc) is 2.41. The smallest absolute Gasteiger partial charge is 0.303 e. The number of hydrogen-bond acceptors (Lipinski definition) is 3. The average molecular weight is 321 g/mol. The van der Waals surface area contributed by atoms with Crippen LogP contribution in [0.2, 0.25) is 0 Å². The summed E-state index contributed by atoms with van der Waals surface area (Å²) >= 11 is 0. The van der Waals surface area contributed by atoms with Crippen LogP contribution in [0.4, 0.5) is 0 Å². The van der Waals surface area contributed by atoms with E-state index in [4.69, 9.17) is 9.84 Å². The van der Waals surface area contributed by atoms with E-state index >= 15 is 0 Å². The first-order chi connectivity index (χ1) is 10.6. The Morgan fingerprint density at radius 1 is 1.17 bits per heavy atom. The fraction of sp³-hybridized carbons (Fsp3) is 0.556. The first-order valence-corrected chi connectivity index (χ1v) is 7.84. The van der Waals surface area contributed by atoms with Gasteiger partial charge in [-0.15, -0.1) is 0 Å². The van der Waals surface area contributed by atoms with Gasteiger partial charge in [0.1, 0.15) is 5.75 Å². The van der Waals surface area contributed by atoms with Crippen molar-refractivity contribution in [3.05, 3.63) is 28.8 Å². The molecule has 0 aromatic heterocycles. The number of aryl methyl sites for hydroxylation is 2. The van der Waals surface area contributed by atoms with Crippen molar-refractivity contribution in [2.24, 2.45) is 0 Å². The lowest BCUT2D eigenvalue weighted by molar-refractivity contribution is -0.137. The van der Waals surface area contributed by atoms with Gasteiger partial charge >= 0.3 is 5.97 Å². The van der Waals surface area contributed by atoms with E-state index in [-0.39, 0.29) is 18.7 Å². The highest BCUT2D eigenvalue weighted by Crippen LogP contribution is 2.23. The molecule has 0 atom stereocenters. The van der Waals surface area contributed by atoms with Crippen LogP contribution in [0.3, 0.4) is 0 Å². The third-order valence-electron chi connectivity index (χ3n) is 3.79. The summed E-state index contributed by atoms with van der Waals surface area (Å²) in [4.78, 5) is 22.6. The van der Waals surface area contributed by atoms with Crippen LogP contribution in [0.1, 0.15) is 49.8 Å². The molecule has 1 aromatic carbocycles. The number of carboxylic acid groups (broad SMARTS) is 1. The third kappa shape index (κ3) is 6.72. The summed E-state index contributed by atoms with van der Waals surface area (Å²) in [5.74, 6) is -0.191. The fourth-order valence-electron chi connectivity index (χ4n) is 2.33. The minimum absolute atomic E-state index is 0.0333. The quantitative estimate of drug-likeness (QED) is 0.771. The molecule has 0 heterocycles. The molecule has 5 heteroatoms. The highest BCUT2D eigenvalue weighted by molar-refractivity contribution is 5.77. The van der Waals surface area contributed by atoms with Crippen molar-refractivity contribution < 1.29 is 19.4 Å². The lowest BCUT2D eigenvalue weighted by Crippen LogP contribution is -2.44. The molecule has 0 aliphatic rings. The molecule has 0 radical (unpaired) electrons. The molecule has 0 aliphatic carbocycles. The Morgan fingerprint density at radius 2 is 1.83 bits per heavy atom. The Balaban J connectivity index is 2.47. The number of benzene rings is 1. The summed E-state index contributed by atoms with van der Waals surface area (Å²) < 4.78 is 5.73. The molecule has 0 spiro atoms. The number of nitrogens with one attached hydrogen (secondary N) is 1. The lowest BCUT2D eigenvalue weighted by atomic mass is 9.98. The van der Waals surface area contributed by atoms with Gasteiger partial charge in [0.2, 0.25) is 5.91 Å². The Labute approximate surface area is 138 Å². The normalized spacial score (nSPS) is 11.2. The number of hydrogen-bond donors (Lipinski definition) is 2. The molecule has 0 saturated carbocycles. The van der Waals surface area contributed by atoms with Crippen molar-refractivity contribution in [2.75, 3.05) is 6.61 Å². The SMILES string of the molecule is Cc1cc(C)c(C)c(OCCC(=O)NC(C)(C)CCC(=O)O)c1. The van der Waals surface area contributed by atoms with Crippen LogP contribution >= 0.6 is 0 Å². The van der Waals surface area contributed by atoms with Crippen LogP contribution in [0.5, 0.6) is 5.75 Å². The van der Waals surface area contributed by atoms with Gasteiger partial charge in [-0.25, -0.2) is 0 Å². The van der Waals surface area contributed by atoms with Gasteiger partial charge in [-0.2, -0.15) is 0 Å². The van der Waals surface area contributed by atoms with Gasteiger partial charge in [0.05, 0.1) is 13.0 Å². The van der Waals surface area contributed by atoms with Crippen molar-refractivity contribution in [3.63, 3.8) is 0 Å². The zero-order valence-electron chi connectivity index (χ0n) is 14.7. The van der Waals surface area contributed by atoms with E-state index in [1.54, 1.807) is 0 Å². The zero-order chi connectivity index (χ0) is 17.6. The predicted molar refractivity (Wildman–Crippen MR) is 89.9 cm³/mol. The van der Waals surface area contributed by atoms with Gasteiger partial charge in [-0.3, -0.25) is 9.59 Å². The standard InChI is InChI=1S/C18H27NO4/c1-12-10-13(2)14(3)15(11-12)23-9-7-16(20)19-18(4,5)8-6-17(21)22/h10-11H,6-9H2,1-5H3,(H,19,20)(H,21,22). The summed E-state index contributed by atoms with van der Waals surface area (Å²) in [5.41, 5.74) is 2.84. The number of carboxylic acids is 1. The lowest BCUT2D eigenvalue weighted by Gasteiger charge is -2.25. The third-order valence-corrected chi connectivity index (χ3v) is 3.79. The first-order valence-electron chi connectivity index (χ1n) is 7.84. The number of amides is 1. The summed E-state index contributed by atoms with van der Waals surface area (Å²) in [6.45, 7) is 9.99. The van der Waals surface area contributed by atoms with Gasteiger partial charge in [-0.05, 0) is 63.8 Å². The summed E-state index contributed by atoms with van der Waals surface area (Å²) in [5, 5.41) is 11.6. The van der Waals surface area contributed by atoms with Crippen molar-refractivity contribution in [1.82, 2.24) is 5.32 Å². The molecule has 128 valence electrons. The van der Waals surface area contributed by atoms with Gasteiger partial charge in [0, 0.05) is 12.0 Å². The van der Waals surface area contributed by atoms with Crippen molar-refractivity contribution >= 4 is 11.9 Å². The maximum Gasteiger partial charge on any atom is 0.303 e. The largest absolute Gasteiger partial charge is 0.493 e. The van der Waals surface area contributed by atoms with Gasteiger partial charge in [0.15, 0.2) is 0 Å². The zero-order valence-corrected chi connectivity index (χ0v) is 14.7. The molecule has 1 aromatic rings. The van der Waals surface area contributed by atoms with Gasteiger partial charge < -0.3 is 15.2 Å². The number of aliphatic carboxylic acids is 1. The Kier molecular flexibility index (Phi) is 6.61. The van der Waals surface area contributed by atoms with Crippen molar-refractivity contribution in [2.45, 2.75) is 59.4 Å². The van der Waals surface area contributed by atoms with Crippen LogP contribution in [-0.4, -0.2) is 29.1 Å². The number of rotatable bonds is 8. The second kappa shape index (κ2) is 7.99. The van der Waals surface area contributed by atoms with Crippen LogP contribution in [-0.2, 0) is 9.59 Å². The fourth-order valence-corrected chi connectivity index (χ4v) is 2.33. The maximum absolute atomic E-state index is 12.0. The minimum Gasteiger partial charge on any atom is -0.493 e.